The number of carbonyl (C=O) groups is 1. The summed E-state index contributed by atoms with van der Waals surface area (Å²) in [6, 6.07) is 17.1. The van der Waals surface area contributed by atoms with Crippen LogP contribution in [0, 0.1) is 6.92 Å². The Morgan fingerprint density at radius 2 is 1.19 bits per heavy atom. The van der Waals surface area contributed by atoms with Crippen molar-refractivity contribution in [1.29, 1.82) is 0 Å². The van der Waals surface area contributed by atoms with Gasteiger partial charge in [0.15, 0.2) is 0 Å². The van der Waals surface area contributed by atoms with Gasteiger partial charge in [-0.1, -0.05) is 0 Å². The van der Waals surface area contributed by atoms with E-state index in [1.165, 1.54) is 29.3 Å². The van der Waals surface area contributed by atoms with E-state index >= 15 is 0 Å². The fraction of sp³-hybridized carbons (Fsp3) is 0.150. The Bertz CT molecular complexity index is 1050. The minimum absolute atomic E-state index is 0.00895. The number of aryl methyl sites for hydroxylation is 1. The highest BCUT2D eigenvalue weighted by Crippen LogP contribution is 2.42. The van der Waals surface area contributed by atoms with Crippen molar-refractivity contribution in [3.63, 3.8) is 0 Å². The van der Waals surface area contributed by atoms with Crippen LogP contribution >= 0.6 is 45.3 Å². The van der Waals surface area contributed by atoms with Crippen LogP contribution < -0.4 is 5.32 Å². The van der Waals surface area contributed by atoms with Crippen LogP contribution in [0.5, 0.6) is 0 Å². The SMILES string of the molecule is CCNC(=O)c1ccc(-c2ccc(-c3ccc(-c4ccc(C)s4)s3)s2)s1. The Kier molecular flexibility index (Phi) is 5.09. The second kappa shape index (κ2) is 7.48. The van der Waals surface area contributed by atoms with E-state index in [9.17, 15) is 4.79 Å². The van der Waals surface area contributed by atoms with Crippen molar-refractivity contribution in [2.75, 3.05) is 6.54 Å². The predicted octanol–water partition coefficient (Wildman–Crippen LogP) is 6.99. The minimum Gasteiger partial charge on any atom is -0.352 e. The Labute approximate surface area is 168 Å². The lowest BCUT2D eigenvalue weighted by Crippen LogP contribution is -2.21. The summed E-state index contributed by atoms with van der Waals surface area (Å²) in [5, 5.41) is 2.86. The van der Waals surface area contributed by atoms with Crippen molar-refractivity contribution < 1.29 is 4.79 Å². The summed E-state index contributed by atoms with van der Waals surface area (Å²) in [6.45, 7) is 4.73. The summed E-state index contributed by atoms with van der Waals surface area (Å²) < 4.78 is 0. The highest BCUT2D eigenvalue weighted by atomic mass is 32.1. The van der Waals surface area contributed by atoms with Gasteiger partial charge in [0.25, 0.3) is 5.91 Å². The molecule has 0 aromatic carbocycles. The van der Waals surface area contributed by atoms with Gasteiger partial charge in [-0.15, -0.1) is 45.3 Å². The Balaban J connectivity index is 1.57. The molecule has 0 bridgehead atoms. The van der Waals surface area contributed by atoms with Gasteiger partial charge in [0, 0.05) is 40.7 Å². The third-order valence-corrected chi connectivity index (χ3v) is 8.69. The maximum absolute atomic E-state index is 12.0. The van der Waals surface area contributed by atoms with Gasteiger partial charge in [-0.2, -0.15) is 0 Å². The summed E-state index contributed by atoms with van der Waals surface area (Å²) in [4.78, 5) is 21.7. The minimum atomic E-state index is 0.00895. The van der Waals surface area contributed by atoms with Gasteiger partial charge in [0.05, 0.1) is 4.88 Å². The third-order valence-electron chi connectivity index (χ3n) is 3.85. The van der Waals surface area contributed by atoms with Crippen molar-refractivity contribution in [2.45, 2.75) is 13.8 Å². The van der Waals surface area contributed by atoms with Crippen LogP contribution in [-0.2, 0) is 0 Å². The molecule has 2 nitrogen and oxygen atoms in total. The van der Waals surface area contributed by atoms with Crippen LogP contribution in [0.15, 0.2) is 48.5 Å². The molecule has 0 aliphatic carbocycles. The van der Waals surface area contributed by atoms with Crippen molar-refractivity contribution in [3.05, 3.63) is 58.3 Å². The molecule has 0 aliphatic rings. The van der Waals surface area contributed by atoms with E-state index in [0.29, 0.717) is 6.54 Å². The summed E-state index contributed by atoms with van der Waals surface area (Å²) in [5.41, 5.74) is 0. The molecule has 0 spiro atoms. The van der Waals surface area contributed by atoms with E-state index in [-0.39, 0.29) is 5.91 Å². The van der Waals surface area contributed by atoms with Gasteiger partial charge >= 0.3 is 0 Å². The zero-order valence-corrected chi connectivity index (χ0v) is 17.6. The summed E-state index contributed by atoms with van der Waals surface area (Å²) >= 11 is 7.01. The summed E-state index contributed by atoms with van der Waals surface area (Å²) in [7, 11) is 0. The molecule has 26 heavy (non-hydrogen) atoms. The van der Waals surface area contributed by atoms with Gasteiger partial charge in [-0.05, 0) is 62.4 Å². The molecule has 0 unspecified atom stereocenters. The van der Waals surface area contributed by atoms with Gasteiger partial charge in [0.2, 0.25) is 0 Å². The fourth-order valence-corrected chi connectivity index (χ4v) is 6.69. The number of thiophene rings is 4. The van der Waals surface area contributed by atoms with Gasteiger partial charge in [0.1, 0.15) is 0 Å². The first-order valence-corrected chi connectivity index (χ1v) is 11.6. The fourth-order valence-electron chi connectivity index (χ4n) is 2.61. The second-order valence-electron chi connectivity index (χ2n) is 5.76. The van der Waals surface area contributed by atoms with E-state index in [1.54, 1.807) is 22.7 Å². The topological polar surface area (TPSA) is 29.1 Å². The number of hydrogen-bond acceptors (Lipinski definition) is 5. The standard InChI is InChI=1S/C20H17NOS4/c1-3-21-20(22)19-11-10-18(26-19)17-9-8-16(25-17)15-7-6-14(24-15)13-5-4-12(2)23-13/h4-11H,3H2,1-2H3,(H,21,22). The van der Waals surface area contributed by atoms with E-state index in [0.717, 1.165) is 9.75 Å². The van der Waals surface area contributed by atoms with E-state index in [1.807, 2.05) is 41.7 Å². The van der Waals surface area contributed by atoms with Gasteiger partial charge in [-0.25, -0.2) is 0 Å². The molecular formula is C20H17NOS4. The third kappa shape index (κ3) is 3.55. The highest BCUT2D eigenvalue weighted by Gasteiger charge is 2.13. The molecule has 1 amide bonds. The molecule has 4 rings (SSSR count). The molecule has 4 aromatic rings. The lowest BCUT2D eigenvalue weighted by atomic mass is 10.3. The number of hydrogen-bond donors (Lipinski definition) is 1. The van der Waals surface area contributed by atoms with Crippen molar-refractivity contribution >= 4 is 51.3 Å². The molecule has 0 fully saturated rings. The van der Waals surface area contributed by atoms with Crippen LogP contribution in [0.25, 0.3) is 29.3 Å². The van der Waals surface area contributed by atoms with Crippen LogP contribution in [-0.4, -0.2) is 12.5 Å². The molecule has 6 heteroatoms. The molecule has 4 aromatic heterocycles. The average molecular weight is 416 g/mol. The molecular weight excluding hydrogens is 398 g/mol. The lowest BCUT2D eigenvalue weighted by Gasteiger charge is -1.96. The normalized spacial score (nSPS) is 11.0. The first-order valence-electron chi connectivity index (χ1n) is 8.29. The maximum atomic E-state index is 12.0. The van der Waals surface area contributed by atoms with Crippen molar-refractivity contribution in [2.24, 2.45) is 0 Å². The maximum Gasteiger partial charge on any atom is 0.261 e. The number of nitrogens with one attached hydrogen (secondary N) is 1. The van der Waals surface area contributed by atoms with E-state index < -0.39 is 0 Å². The molecule has 132 valence electrons. The molecule has 1 N–H and O–H groups in total. The smallest absolute Gasteiger partial charge is 0.261 e. The predicted molar refractivity (Wildman–Crippen MR) is 117 cm³/mol. The Hall–Kier alpha value is -1.73. The van der Waals surface area contributed by atoms with Crippen LogP contribution in [0.2, 0.25) is 0 Å². The highest BCUT2D eigenvalue weighted by molar-refractivity contribution is 7.28. The largest absolute Gasteiger partial charge is 0.352 e. The number of amides is 1. The Morgan fingerprint density at radius 1 is 0.731 bits per heavy atom. The molecule has 0 atom stereocenters. The van der Waals surface area contributed by atoms with E-state index in [2.05, 4.69) is 48.6 Å². The zero-order valence-electron chi connectivity index (χ0n) is 14.4. The molecule has 0 saturated carbocycles. The summed E-state index contributed by atoms with van der Waals surface area (Å²) in [6.07, 6.45) is 0. The van der Waals surface area contributed by atoms with Gasteiger partial charge < -0.3 is 5.32 Å². The summed E-state index contributed by atoms with van der Waals surface area (Å²) in [5.74, 6) is 0.00895. The Morgan fingerprint density at radius 3 is 1.69 bits per heavy atom. The van der Waals surface area contributed by atoms with Gasteiger partial charge in [-0.3, -0.25) is 4.79 Å². The quantitative estimate of drug-likeness (QED) is 0.374. The lowest BCUT2D eigenvalue weighted by molar-refractivity contribution is 0.0960. The first-order chi connectivity index (χ1) is 12.6. The molecule has 0 saturated heterocycles. The average Bonchev–Trinajstić information content (AvgIpc) is 3.39. The zero-order chi connectivity index (χ0) is 18.1. The first kappa shape index (κ1) is 17.7. The number of rotatable bonds is 5. The van der Waals surface area contributed by atoms with Crippen LogP contribution in [0.1, 0.15) is 21.5 Å². The van der Waals surface area contributed by atoms with Crippen LogP contribution in [0.4, 0.5) is 0 Å². The second-order valence-corrected chi connectivity index (χ2v) is 10.3. The van der Waals surface area contributed by atoms with E-state index in [4.69, 9.17) is 0 Å². The monoisotopic (exact) mass is 415 g/mol. The van der Waals surface area contributed by atoms with Crippen LogP contribution in [0.3, 0.4) is 0 Å². The molecule has 0 radical (unpaired) electrons. The van der Waals surface area contributed by atoms with Crippen molar-refractivity contribution in [1.82, 2.24) is 5.32 Å². The molecule has 0 aliphatic heterocycles. The molecule has 4 heterocycles. The van der Waals surface area contributed by atoms with Crippen molar-refractivity contribution in [3.8, 4) is 29.3 Å². The number of carbonyl (C=O) groups excluding carboxylic acids is 1.